The molecule has 1 aliphatic heterocycles. The third-order valence-corrected chi connectivity index (χ3v) is 6.60. The monoisotopic (exact) mass is 421 g/mol. The van der Waals surface area contributed by atoms with E-state index >= 15 is 0 Å². The second-order valence-electron chi connectivity index (χ2n) is 6.92. The highest BCUT2D eigenvalue weighted by Gasteiger charge is 2.42. The van der Waals surface area contributed by atoms with Gasteiger partial charge in [0.1, 0.15) is 4.90 Å². The van der Waals surface area contributed by atoms with E-state index in [-0.39, 0.29) is 16.0 Å². The van der Waals surface area contributed by atoms with Crippen LogP contribution < -0.4 is 10.2 Å². The Balaban J connectivity index is 1.98. The third kappa shape index (κ3) is 3.33. The molecule has 1 aliphatic rings. The molecule has 148 valence electrons. The quantitative estimate of drug-likeness (QED) is 0.819. The Hall–Kier alpha value is -2.58. The smallest absolute Gasteiger partial charge is 0.269 e. The van der Waals surface area contributed by atoms with E-state index in [2.05, 4.69) is 5.32 Å². The number of benzene rings is 2. The lowest BCUT2D eigenvalue weighted by atomic mass is 10.1. The molecule has 0 saturated heterocycles. The number of carbonyl (C=O) groups is 2. The van der Waals surface area contributed by atoms with Crippen LogP contribution in [0.4, 0.5) is 11.4 Å². The van der Waals surface area contributed by atoms with Crippen LogP contribution >= 0.6 is 11.6 Å². The number of nitrogens with one attached hydrogen (secondary N) is 1. The Bertz CT molecular complexity index is 1080. The summed E-state index contributed by atoms with van der Waals surface area (Å²) in [6.07, 6.45) is 0. The fourth-order valence-corrected chi connectivity index (χ4v) is 5.06. The molecule has 0 radical (unpaired) electrons. The van der Waals surface area contributed by atoms with Crippen molar-refractivity contribution in [1.82, 2.24) is 4.31 Å². The molecule has 0 fully saturated rings. The Kier molecular flexibility index (Phi) is 5.12. The summed E-state index contributed by atoms with van der Waals surface area (Å²) < 4.78 is 26.2. The Labute approximate surface area is 168 Å². The average molecular weight is 422 g/mol. The van der Waals surface area contributed by atoms with Crippen molar-refractivity contribution in [3.8, 4) is 0 Å². The highest BCUT2D eigenvalue weighted by atomic mass is 35.5. The fraction of sp³-hybridized carbons (Fsp3) is 0.263. The Morgan fingerprint density at radius 3 is 2.43 bits per heavy atom. The Morgan fingerprint density at radius 1 is 1.14 bits per heavy atom. The molecular formula is C19H20ClN3O4S. The molecule has 0 aromatic heterocycles. The maximum Gasteiger partial charge on any atom is 0.269 e. The van der Waals surface area contributed by atoms with Crippen molar-refractivity contribution in [2.75, 3.05) is 24.3 Å². The minimum Gasteiger partial charge on any atom is -0.376 e. The minimum atomic E-state index is -3.98. The van der Waals surface area contributed by atoms with Gasteiger partial charge in [0.2, 0.25) is 0 Å². The molecule has 9 heteroatoms. The van der Waals surface area contributed by atoms with Crippen LogP contribution in [0.2, 0.25) is 5.02 Å². The first-order valence-electron chi connectivity index (χ1n) is 8.55. The standard InChI is InChI=1S/C19H20ClN3O4S/c1-11(2)23-19(25)14-7-5-12(9-17(14)28(23,26)27)18(24)21-15-10-13(20)6-8-16(15)22(3)4/h5-11H,1-4H3,(H,21,24). The van der Waals surface area contributed by atoms with Gasteiger partial charge >= 0.3 is 0 Å². The van der Waals surface area contributed by atoms with Crippen LogP contribution in [0.3, 0.4) is 0 Å². The average Bonchev–Trinajstić information content (AvgIpc) is 2.80. The van der Waals surface area contributed by atoms with Crippen molar-refractivity contribution < 1.29 is 18.0 Å². The van der Waals surface area contributed by atoms with Crippen LogP contribution in [0.15, 0.2) is 41.3 Å². The molecule has 28 heavy (non-hydrogen) atoms. The van der Waals surface area contributed by atoms with Gasteiger partial charge in [0.15, 0.2) is 0 Å². The number of nitrogens with zero attached hydrogens (tertiary/aromatic N) is 2. The molecule has 0 unspecified atom stereocenters. The zero-order chi connectivity index (χ0) is 20.8. The van der Waals surface area contributed by atoms with Crippen molar-refractivity contribution in [3.63, 3.8) is 0 Å². The highest BCUT2D eigenvalue weighted by molar-refractivity contribution is 7.90. The van der Waals surface area contributed by atoms with Crippen LogP contribution in [0.1, 0.15) is 34.6 Å². The van der Waals surface area contributed by atoms with E-state index in [1.807, 2.05) is 19.0 Å². The maximum absolute atomic E-state index is 12.7. The van der Waals surface area contributed by atoms with E-state index in [1.165, 1.54) is 18.2 Å². The van der Waals surface area contributed by atoms with Crippen LogP contribution in [0, 0.1) is 0 Å². The summed E-state index contributed by atoms with van der Waals surface area (Å²) in [5.74, 6) is -1.08. The molecule has 2 amide bonds. The van der Waals surface area contributed by atoms with Gasteiger partial charge in [-0.2, -0.15) is 0 Å². The van der Waals surface area contributed by atoms with Crippen molar-refractivity contribution in [2.24, 2.45) is 0 Å². The number of rotatable bonds is 4. The molecule has 2 aromatic rings. The summed E-state index contributed by atoms with van der Waals surface area (Å²) in [6, 6.07) is 8.62. The van der Waals surface area contributed by atoms with Gasteiger partial charge in [-0.15, -0.1) is 0 Å². The summed E-state index contributed by atoms with van der Waals surface area (Å²) in [5.41, 5.74) is 1.44. The lowest BCUT2D eigenvalue weighted by Crippen LogP contribution is -2.36. The zero-order valence-corrected chi connectivity index (χ0v) is 17.4. The largest absolute Gasteiger partial charge is 0.376 e. The summed E-state index contributed by atoms with van der Waals surface area (Å²) in [4.78, 5) is 26.8. The van der Waals surface area contributed by atoms with Gasteiger partial charge in [0.05, 0.1) is 16.9 Å². The summed E-state index contributed by atoms with van der Waals surface area (Å²) in [5, 5.41) is 3.21. The summed E-state index contributed by atoms with van der Waals surface area (Å²) in [7, 11) is -0.325. The predicted octanol–water partition coefficient (Wildman–Crippen LogP) is 3.21. The number of hydrogen-bond acceptors (Lipinski definition) is 5. The molecule has 0 saturated carbocycles. The number of fused-ring (bicyclic) bond motifs is 1. The fourth-order valence-electron chi connectivity index (χ4n) is 3.09. The van der Waals surface area contributed by atoms with E-state index < -0.39 is 27.9 Å². The molecule has 0 aliphatic carbocycles. The molecule has 7 nitrogen and oxygen atoms in total. The number of anilines is 2. The van der Waals surface area contributed by atoms with Crippen LogP contribution in [0.25, 0.3) is 0 Å². The van der Waals surface area contributed by atoms with Gasteiger partial charge in [-0.05, 0) is 50.2 Å². The van der Waals surface area contributed by atoms with Crippen molar-refractivity contribution in [3.05, 3.63) is 52.5 Å². The molecule has 1 N–H and O–H groups in total. The second kappa shape index (κ2) is 7.10. The number of amides is 2. The third-order valence-electron chi connectivity index (χ3n) is 4.37. The van der Waals surface area contributed by atoms with Crippen molar-refractivity contribution in [1.29, 1.82) is 0 Å². The van der Waals surface area contributed by atoms with Gasteiger partial charge in [0, 0.05) is 30.7 Å². The van der Waals surface area contributed by atoms with E-state index in [9.17, 15) is 18.0 Å². The van der Waals surface area contributed by atoms with Crippen LogP contribution in [-0.4, -0.2) is 44.7 Å². The molecule has 2 aromatic carbocycles. The normalized spacial score (nSPS) is 14.9. The van der Waals surface area contributed by atoms with E-state index in [4.69, 9.17) is 11.6 Å². The molecule has 3 rings (SSSR count). The van der Waals surface area contributed by atoms with Gasteiger partial charge in [-0.25, -0.2) is 12.7 Å². The Morgan fingerprint density at radius 2 is 1.82 bits per heavy atom. The molecule has 0 spiro atoms. The summed E-state index contributed by atoms with van der Waals surface area (Å²) >= 11 is 6.03. The van der Waals surface area contributed by atoms with E-state index in [0.29, 0.717) is 10.7 Å². The van der Waals surface area contributed by atoms with E-state index in [1.54, 1.807) is 32.0 Å². The molecule has 0 atom stereocenters. The molecule has 0 bridgehead atoms. The second-order valence-corrected chi connectivity index (χ2v) is 9.14. The lowest BCUT2D eigenvalue weighted by Gasteiger charge is -2.19. The highest BCUT2D eigenvalue weighted by Crippen LogP contribution is 2.33. The number of carbonyl (C=O) groups excluding carboxylic acids is 2. The van der Waals surface area contributed by atoms with Crippen LogP contribution in [0.5, 0.6) is 0 Å². The SMILES string of the molecule is CC(C)N1C(=O)c2ccc(C(=O)Nc3cc(Cl)ccc3N(C)C)cc2S1(=O)=O. The number of sulfonamides is 1. The molecule has 1 heterocycles. The first kappa shape index (κ1) is 20.2. The van der Waals surface area contributed by atoms with Gasteiger partial charge in [0.25, 0.3) is 21.8 Å². The molecular weight excluding hydrogens is 402 g/mol. The first-order chi connectivity index (χ1) is 13.0. The summed E-state index contributed by atoms with van der Waals surface area (Å²) in [6.45, 7) is 3.24. The minimum absolute atomic E-state index is 0.0713. The van der Waals surface area contributed by atoms with E-state index in [0.717, 1.165) is 9.99 Å². The van der Waals surface area contributed by atoms with Crippen molar-refractivity contribution in [2.45, 2.75) is 24.8 Å². The van der Waals surface area contributed by atoms with Crippen molar-refractivity contribution >= 4 is 44.8 Å². The number of halogens is 1. The van der Waals surface area contributed by atoms with Crippen LogP contribution in [-0.2, 0) is 10.0 Å². The topological polar surface area (TPSA) is 86.8 Å². The van der Waals surface area contributed by atoms with Gasteiger partial charge < -0.3 is 10.2 Å². The maximum atomic E-state index is 12.7. The predicted molar refractivity (Wildman–Crippen MR) is 109 cm³/mol. The van der Waals surface area contributed by atoms with Gasteiger partial charge in [-0.1, -0.05) is 11.6 Å². The van der Waals surface area contributed by atoms with Gasteiger partial charge in [-0.3, -0.25) is 9.59 Å². The number of hydrogen-bond donors (Lipinski definition) is 1. The zero-order valence-electron chi connectivity index (χ0n) is 15.9. The first-order valence-corrected chi connectivity index (χ1v) is 10.4. The lowest BCUT2D eigenvalue weighted by molar-refractivity contribution is 0.0846.